The van der Waals surface area contributed by atoms with Crippen LogP contribution < -0.4 is 9.47 Å². The summed E-state index contributed by atoms with van der Waals surface area (Å²) in [7, 11) is 1.66. The molecule has 0 radical (unpaired) electrons. The molecule has 0 atom stereocenters. The molecule has 0 bridgehead atoms. The van der Waals surface area contributed by atoms with Gasteiger partial charge in [0.1, 0.15) is 23.1 Å². The Bertz CT molecular complexity index is 819. The third-order valence-electron chi connectivity index (χ3n) is 3.98. The van der Waals surface area contributed by atoms with E-state index in [1.54, 1.807) is 18.4 Å². The highest BCUT2D eigenvalue weighted by atomic mass is 32.1. The quantitative estimate of drug-likeness (QED) is 0.586. The first-order chi connectivity index (χ1) is 12.1. The molecule has 1 aromatic carbocycles. The number of ether oxygens (including phenoxy) is 2. The molecule has 0 saturated heterocycles. The summed E-state index contributed by atoms with van der Waals surface area (Å²) in [5.41, 5.74) is 3.47. The Morgan fingerprint density at radius 1 is 1.08 bits per heavy atom. The lowest BCUT2D eigenvalue weighted by molar-refractivity contribution is 0.305. The second-order valence-corrected chi connectivity index (χ2v) is 7.40. The van der Waals surface area contributed by atoms with E-state index < -0.39 is 0 Å². The minimum Gasteiger partial charge on any atom is -0.497 e. The van der Waals surface area contributed by atoms with E-state index in [0.717, 1.165) is 28.7 Å². The Morgan fingerprint density at radius 3 is 2.48 bits per heavy atom. The maximum atomic E-state index is 5.83. The fraction of sp³-hybridized carbons (Fsp3) is 0.350. The average Bonchev–Trinajstić information content (AvgIpc) is 3.20. The summed E-state index contributed by atoms with van der Waals surface area (Å²) in [5, 5.41) is 3.08. The summed E-state index contributed by atoms with van der Waals surface area (Å²) in [6, 6.07) is 11.9. The molecule has 0 unspecified atom stereocenters. The number of rotatable bonds is 7. The molecule has 0 spiro atoms. The van der Waals surface area contributed by atoms with Crippen molar-refractivity contribution in [3.8, 4) is 22.9 Å². The van der Waals surface area contributed by atoms with E-state index in [9.17, 15) is 0 Å². The van der Waals surface area contributed by atoms with Crippen molar-refractivity contribution in [2.45, 2.75) is 33.9 Å². The third-order valence-corrected chi connectivity index (χ3v) is 4.80. The van der Waals surface area contributed by atoms with Crippen LogP contribution in [0, 0.1) is 12.8 Å². The summed E-state index contributed by atoms with van der Waals surface area (Å²) in [6.45, 7) is 8.09. The molecule has 3 aromatic rings. The van der Waals surface area contributed by atoms with Crippen molar-refractivity contribution in [1.29, 1.82) is 0 Å². The minimum absolute atomic E-state index is 0.473. The van der Waals surface area contributed by atoms with Crippen LogP contribution in [0.5, 0.6) is 11.5 Å². The van der Waals surface area contributed by atoms with Crippen molar-refractivity contribution in [3.63, 3.8) is 0 Å². The van der Waals surface area contributed by atoms with Gasteiger partial charge in [-0.2, -0.15) is 0 Å². The molecule has 0 aliphatic heterocycles. The van der Waals surface area contributed by atoms with E-state index in [-0.39, 0.29) is 0 Å². The Kier molecular flexibility index (Phi) is 5.43. The highest BCUT2D eigenvalue weighted by Crippen LogP contribution is 2.26. The van der Waals surface area contributed by atoms with Gasteiger partial charge in [-0.3, -0.25) is 0 Å². The van der Waals surface area contributed by atoms with Gasteiger partial charge in [-0.05, 0) is 49.2 Å². The largest absolute Gasteiger partial charge is 0.497 e. The predicted molar refractivity (Wildman–Crippen MR) is 102 cm³/mol. The van der Waals surface area contributed by atoms with Crippen LogP contribution in [0.15, 0.2) is 41.8 Å². The number of methoxy groups -OCH3 is 1. The van der Waals surface area contributed by atoms with Gasteiger partial charge >= 0.3 is 0 Å². The summed E-state index contributed by atoms with van der Waals surface area (Å²) in [6.07, 6.45) is 0. The summed E-state index contributed by atoms with van der Waals surface area (Å²) in [5.74, 6) is 2.24. The lowest BCUT2D eigenvalue weighted by atomic mass is 10.2. The normalized spacial score (nSPS) is 11.1. The summed E-state index contributed by atoms with van der Waals surface area (Å²) < 4.78 is 13.3. The number of benzene rings is 1. The van der Waals surface area contributed by atoms with Gasteiger partial charge in [0.05, 0.1) is 18.5 Å². The predicted octanol–water partition coefficient (Wildman–Crippen LogP) is 5.16. The first-order valence-corrected chi connectivity index (χ1v) is 9.32. The molecule has 25 heavy (non-hydrogen) atoms. The summed E-state index contributed by atoms with van der Waals surface area (Å²) >= 11 is 1.63. The number of aromatic nitrogens is 2. The summed E-state index contributed by atoms with van der Waals surface area (Å²) in [4.78, 5) is 4.76. The van der Waals surface area contributed by atoms with Gasteiger partial charge in [0.15, 0.2) is 0 Å². The fourth-order valence-electron chi connectivity index (χ4n) is 2.71. The van der Waals surface area contributed by atoms with Crippen molar-refractivity contribution in [3.05, 3.63) is 52.5 Å². The SMILES string of the molecule is COc1ccc(OCc2nc(-c3ccc(C)n3CC(C)C)cs2)cc1. The molecule has 5 heteroatoms. The maximum absolute atomic E-state index is 5.83. The maximum Gasteiger partial charge on any atom is 0.140 e. The van der Waals surface area contributed by atoms with Crippen LogP contribution in [-0.4, -0.2) is 16.7 Å². The van der Waals surface area contributed by atoms with Crippen LogP contribution in [0.4, 0.5) is 0 Å². The Labute approximate surface area is 153 Å². The molecule has 2 aromatic heterocycles. The molecule has 0 aliphatic carbocycles. The van der Waals surface area contributed by atoms with Gasteiger partial charge in [0.25, 0.3) is 0 Å². The second kappa shape index (κ2) is 7.74. The molecule has 0 amide bonds. The molecule has 0 aliphatic rings. The number of aryl methyl sites for hydroxylation is 1. The van der Waals surface area contributed by atoms with Gasteiger partial charge in [-0.1, -0.05) is 13.8 Å². The number of nitrogens with zero attached hydrogens (tertiary/aromatic N) is 2. The highest BCUT2D eigenvalue weighted by molar-refractivity contribution is 7.09. The van der Waals surface area contributed by atoms with Crippen molar-refractivity contribution in [2.24, 2.45) is 5.92 Å². The van der Waals surface area contributed by atoms with Gasteiger partial charge in [-0.25, -0.2) is 4.98 Å². The molecule has 0 fully saturated rings. The van der Waals surface area contributed by atoms with Gasteiger partial charge < -0.3 is 14.0 Å². The van der Waals surface area contributed by atoms with Crippen molar-refractivity contribution in [1.82, 2.24) is 9.55 Å². The molecular formula is C20H24N2O2S. The Balaban J connectivity index is 1.70. The Morgan fingerprint density at radius 2 is 1.80 bits per heavy atom. The smallest absolute Gasteiger partial charge is 0.140 e. The van der Waals surface area contributed by atoms with Gasteiger partial charge in [0.2, 0.25) is 0 Å². The number of hydrogen-bond donors (Lipinski definition) is 0. The van der Waals surface area contributed by atoms with E-state index in [4.69, 9.17) is 14.5 Å². The van der Waals surface area contributed by atoms with Crippen LogP contribution in [0.2, 0.25) is 0 Å². The monoisotopic (exact) mass is 356 g/mol. The van der Waals surface area contributed by atoms with E-state index >= 15 is 0 Å². The first kappa shape index (κ1) is 17.5. The van der Waals surface area contributed by atoms with E-state index in [2.05, 4.69) is 42.9 Å². The van der Waals surface area contributed by atoms with Gasteiger partial charge in [0, 0.05) is 17.6 Å². The van der Waals surface area contributed by atoms with Crippen molar-refractivity contribution < 1.29 is 9.47 Å². The van der Waals surface area contributed by atoms with Gasteiger partial charge in [-0.15, -0.1) is 11.3 Å². The Hall–Kier alpha value is -2.27. The number of hydrogen-bond acceptors (Lipinski definition) is 4. The van der Waals surface area contributed by atoms with Crippen LogP contribution >= 0.6 is 11.3 Å². The lowest BCUT2D eigenvalue weighted by Gasteiger charge is -2.12. The van der Waals surface area contributed by atoms with Crippen LogP contribution in [-0.2, 0) is 13.2 Å². The zero-order valence-electron chi connectivity index (χ0n) is 15.2. The van der Waals surface area contributed by atoms with E-state index in [0.29, 0.717) is 12.5 Å². The molecular weight excluding hydrogens is 332 g/mol. The molecule has 3 rings (SSSR count). The van der Waals surface area contributed by atoms with Crippen molar-refractivity contribution >= 4 is 11.3 Å². The van der Waals surface area contributed by atoms with Crippen LogP contribution in [0.3, 0.4) is 0 Å². The van der Waals surface area contributed by atoms with Crippen LogP contribution in [0.1, 0.15) is 24.5 Å². The molecule has 2 heterocycles. The lowest BCUT2D eigenvalue weighted by Crippen LogP contribution is -2.07. The van der Waals surface area contributed by atoms with Crippen LogP contribution in [0.25, 0.3) is 11.4 Å². The minimum atomic E-state index is 0.473. The zero-order valence-corrected chi connectivity index (χ0v) is 16.0. The second-order valence-electron chi connectivity index (χ2n) is 6.46. The topological polar surface area (TPSA) is 36.3 Å². The fourth-order valence-corrected chi connectivity index (χ4v) is 3.41. The van der Waals surface area contributed by atoms with E-state index in [1.165, 1.54) is 11.4 Å². The number of thiazole rings is 1. The molecule has 0 saturated carbocycles. The van der Waals surface area contributed by atoms with E-state index in [1.807, 2.05) is 24.3 Å². The zero-order chi connectivity index (χ0) is 17.8. The highest BCUT2D eigenvalue weighted by Gasteiger charge is 2.12. The standard InChI is InChI=1S/C20H24N2O2S/c1-14(2)11-22-15(3)5-10-19(22)18-13-25-20(21-18)12-24-17-8-6-16(23-4)7-9-17/h5-10,13-14H,11-12H2,1-4H3. The van der Waals surface area contributed by atoms with Crippen molar-refractivity contribution in [2.75, 3.05) is 7.11 Å². The third kappa shape index (κ3) is 4.23. The molecule has 132 valence electrons. The molecule has 0 N–H and O–H groups in total. The molecule has 4 nitrogen and oxygen atoms in total. The average molecular weight is 356 g/mol. The first-order valence-electron chi connectivity index (χ1n) is 8.44.